The van der Waals surface area contributed by atoms with Crippen molar-refractivity contribution in [2.75, 3.05) is 6.54 Å². The molecule has 2 rings (SSSR count). The van der Waals surface area contributed by atoms with Crippen LogP contribution in [0.1, 0.15) is 31.4 Å². The Morgan fingerprint density at radius 2 is 1.79 bits per heavy atom. The van der Waals surface area contributed by atoms with Crippen LogP contribution < -0.4 is 5.32 Å². The van der Waals surface area contributed by atoms with Crippen LogP contribution in [0.3, 0.4) is 0 Å². The second kappa shape index (κ2) is 10.4. The molecular formula is C21H23Cl2FN2O2. The number of amides is 2. The number of nitrogens with one attached hydrogen (secondary N) is 1. The van der Waals surface area contributed by atoms with Gasteiger partial charge in [-0.15, -0.1) is 0 Å². The summed E-state index contributed by atoms with van der Waals surface area (Å²) in [6.45, 7) is 4.32. The Bertz CT molecular complexity index is 828. The molecule has 0 heterocycles. The summed E-state index contributed by atoms with van der Waals surface area (Å²) < 4.78 is 13.1. The molecule has 0 aromatic heterocycles. The molecule has 1 N–H and O–H groups in total. The van der Waals surface area contributed by atoms with Crippen LogP contribution in [0.2, 0.25) is 10.0 Å². The molecule has 0 aliphatic heterocycles. The summed E-state index contributed by atoms with van der Waals surface area (Å²) in [6, 6.07) is 10.1. The predicted molar refractivity (Wildman–Crippen MR) is 110 cm³/mol. The van der Waals surface area contributed by atoms with Crippen LogP contribution in [0.4, 0.5) is 4.39 Å². The summed E-state index contributed by atoms with van der Waals surface area (Å²) >= 11 is 12.2. The van der Waals surface area contributed by atoms with E-state index in [0.717, 1.165) is 0 Å². The van der Waals surface area contributed by atoms with E-state index in [1.54, 1.807) is 30.3 Å². The average molecular weight is 425 g/mol. The van der Waals surface area contributed by atoms with Crippen LogP contribution in [0.15, 0.2) is 42.5 Å². The van der Waals surface area contributed by atoms with Crippen LogP contribution in [0.5, 0.6) is 0 Å². The highest BCUT2D eigenvalue weighted by Gasteiger charge is 2.28. The third-order valence-electron chi connectivity index (χ3n) is 4.36. The fourth-order valence-electron chi connectivity index (χ4n) is 2.92. The molecule has 7 heteroatoms. The van der Waals surface area contributed by atoms with E-state index in [0.29, 0.717) is 34.1 Å². The molecule has 0 radical (unpaired) electrons. The largest absolute Gasteiger partial charge is 0.355 e. The number of benzene rings is 2. The maximum absolute atomic E-state index is 13.1. The van der Waals surface area contributed by atoms with Crippen molar-refractivity contribution in [2.24, 2.45) is 0 Å². The van der Waals surface area contributed by atoms with Gasteiger partial charge in [0.25, 0.3) is 0 Å². The van der Waals surface area contributed by atoms with E-state index in [-0.39, 0.29) is 30.6 Å². The van der Waals surface area contributed by atoms with Crippen LogP contribution in [0, 0.1) is 5.82 Å². The van der Waals surface area contributed by atoms with Gasteiger partial charge >= 0.3 is 0 Å². The standard InChI is InChI=1S/C21H23Cl2FN2O2/c1-3-19(21(28)25-4-2)26(13-15-7-8-16(22)12-18(15)23)20(27)11-14-5-9-17(24)10-6-14/h5-10,12,19H,3-4,11,13H2,1-2H3,(H,25,28)/t19-/m1/s1. The van der Waals surface area contributed by atoms with E-state index in [9.17, 15) is 14.0 Å². The molecule has 0 saturated heterocycles. The van der Waals surface area contributed by atoms with E-state index in [1.165, 1.54) is 17.0 Å². The Hall–Kier alpha value is -2.11. The fraction of sp³-hybridized carbons (Fsp3) is 0.333. The molecule has 2 amide bonds. The topological polar surface area (TPSA) is 49.4 Å². The molecule has 150 valence electrons. The van der Waals surface area contributed by atoms with Gasteiger partial charge < -0.3 is 10.2 Å². The number of hydrogen-bond acceptors (Lipinski definition) is 2. The molecule has 4 nitrogen and oxygen atoms in total. The van der Waals surface area contributed by atoms with Crippen molar-refractivity contribution < 1.29 is 14.0 Å². The molecule has 0 bridgehead atoms. The highest BCUT2D eigenvalue weighted by molar-refractivity contribution is 6.35. The third-order valence-corrected chi connectivity index (χ3v) is 4.95. The van der Waals surface area contributed by atoms with Gasteiger partial charge in [0.1, 0.15) is 11.9 Å². The SMILES string of the molecule is CCNC(=O)[C@@H](CC)N(Cc1ccc(Cl)cc1Cl)C(=O)Cc1ccc(F)cc1. The maximum Gasteiger partial charge on any atom is 0.242 e. The zero-order valence-corrected chi connectivity index (χ0v) is 17.4. The number of rotatable bonds is 8. The van der Waals surface area contributed by atoms with Crippen molar-refractivity contribution in [2.45, 2.75) is 39.3 Å². The first kappa shape index (κ1) is 22.2. The molecular weight excluding hydrogens is 402 g/mol. The van der Waals surface area contributed by atoms with Gasteiger partial charge in [0.05, 0.1) is 6.42 Å². The lowest BCUT2D eigenvalue weighted by Crippen LogP contribution is -2.49. The second-order valence-electron chi connectivity index (χ2n) is 6.38. The van der Waals surface area contributed by atoms with Gasteiger partial charge in [-0.25, -0.2) is 4.39 Å². The molecule has 2 aromatic rings. The Kier molecular flexibility index (Phi) is 8.27. The molecule has 0 unspecified atom stereocenters. The van der Waals surface area contributed by atoms with E-state index < -0.39 is 6.04 Å². The van der Waals surface area contributed by atoms with Crippen molar-refractivity contribution in [3.05, 3.63) is 69.5 Å². The van der Waals surface area contributed by atoms with Crippen molar-refractivity contribution in [1.29, 1.82) is 0 Å². The van der Waals surface area contributed by atoms with Gasteiger partial charge in [-0.1, -0.05) is 48.3 Å². The molecule has 2 aromatic carbocycles. The molecule has 0 fully saturated rings. The Labute approximate surface area is 174 Å². The highest BCUT2D eigenvalue weighted by Crippen LogP contribution is 2.24. The molecule has 28 heavy (non-hydrogen) atoms. The normalized spacial score (nSPS) is 11.8. The number of likely N-dealkylation sites (N-methyl/N-ethyl adjacent to an activating group) is 1. The quantitative estimate of drug-likeness (QED) is 0.671. The Balaban J connectivity index is 2.31. The van der Waals surface area contributed by atoms with Gasteiger partial charge in [0, 0.05) is 23.1 Å². The average Bonchev–Trinajstić information content (AvgIpc) is 2.65. The van der Waals surface area contributed by atoms with E-state index in [1.807, 2.05) is 13.8 Å². The Morgan fingerprint density at radius 1 is 1.11 bits per heavy atom. The summed E-state index contributed by atoms with van der Waals surface area (Å²) in [5.74, 6) is -0.826. The minimum atomic E-state index is -0.639. The number of carbonyl (C=O) groups is 2. The summed E-state index contributed by atoms with van der Waals surface area (Å²) in [5.41, 5.74) is 1.37. The monoisotopic (exact) mass is 424 g/mol. The molecule has 0 aliphatic rings. The van der Waals surface area contributed by atoms with Gasteiger partial charge in [-0.2, -0.15) is 0 Å². The number of halogens is 3. The van der Waals surface area contributed by atoms with E-state index in [4.69, 9.17) is 23.2 Å². The van der Waals surface area contributed by atoms with Crippen LogP contribution in [-0.2, 0) is 22.6 Å². The zero-order valence-electron chi connectivity index (χ0n) is 15.8. The number of hydrogen-bond donors (Lipinski definition) is 1. The summed E-state index contributed by atoms with van der Waals surface area (Å²) in [7, 11) is 0. The second-order valence-corrected chi connectivity index (χ2v) is 7.22. The third kappa shape index (κ3) is 5.94. The van der Waals surface area contributed by atoms with Gasteiger partial charge in [-0.05, 0) is 48.7 Å². The molecule has 0 saturated carbocycles. The van der Waals surface area contributed by atoms with E-state index >= 15 is 0 Å². The number of carbonyl (C=O) groups excluding carboxylic acids is 2. The first-order valence-corrected chi connectivity index (χ1v) is 9.86. The smallest absolute Gasteiger partial charge is 0.242 e. The Morgan fingerprint density at radius 3 is 2.36 bits per heavy atom. The first-order chi connectivity index (χ1) is 13.3. The van der Waals surface area contributed by atoms with Crippen molar-refractivity contribution in [1.82, 2.24) is 10.2 Å². The van der Waals surface area contributed by atoms with Gasteiger partial charge in [-0.3, -0.25) is 9.59 Å². The molecule has 0 aliphatic carbocycles. The van der Waals surface area contributed by atoms with Crippen LogP contribution >= 0.6 is 23.2 Å². The summed E-state index contributed by atoms with van der Waals surface area (Å²) in [4.78, 5) is 27.1. The minimum absolute atomic E-state index is 0.0569. The molecule has 1 atom stereocenters. The predicted octanol–water partition coefficient (Wildman–Crippen LogP) is 4.62. The van der Waals surface area contributed by atoms with Crippen molar-refractivity contribution in [3.63, 3.8) is 0 Å². The van der Waals surface area contributed by atoms with Gasteiger partial charge in [0.2, 0.25) is 11.8 Å². The highest BCUT2D eigenvalue weighted by atomic mass is 35.5. The molecule has 0 spiro atoms. The van der Waals surface area contributed by atoms with Crippen LogP contribution in [0.25, 0.3) is 0 Å². The first-order valence-electron chi connectivity index (χ1n) is 9.11. The maximum atomic E-state index is 13.1. The minimum Gasteiger partial charge on any atom is -0.355 e. The van der Waals surface area contributed by atoms with E-state index in [2.05, 4.69) is 5.32 Å². The number of nitrogens with zero attached hydrogens (tertiary/aromatic N) is 1. The van der Waals surface area contributed by atoms with Crippen molar-refractivity contribution >= 4 is 35.0 Å². The lowest BCUT2D eigenvalue weighted by molar-refractivity contribution is -0.140. The lowest BCUT2D eigenvalue weighted by Gasteiger charge is -2.31. The summed E-state index contributed by atoms with van der Waals surface area (Å²) in [6.07, 6.45) is 0.508. The summed E-state index contributed by atoms with van der Waals surface area (Å²) in [5, 5.41) is 3.70. The van der Waals surface area contributed by atoms with Gasteiger partial charge in [0.15, 0.2) is 0 Å². The lowest BCUT2D eigenvalue weighted by atomic mass is 10.1. The zero-order chi connectivity index (χ0) is 20.7. The van der Waals surface area contributed by atoms with Crippen LogP contribution in [-0.4, -0.2) is 29.3 Å². The van der Waals surface area contributed by atoms with Crippen molar-refractivity contribution in [3.8, 4) is 0 Å². The fourth-order valence-corrected chi connectivity index (χ4v) is 3.39.